The predicted molar refractivity (Wildman–Crippen MR) is 76.5 cm³/mol. The van der Waals surface area contributed by atoms with Crippen LogP contribution in [0.25, 0.3) is 0 Å². The number of anilines is 1. The van der Waals surface area contributed by atoms with E-state index >= 15 is 0 Å². The summed E-state index contributed by atoms with van der Waals surface area (Å²) in [4.78, 5) is 11.7. The lowest BCUT2D eigenvalue weighted by Crippen LogP contribution is -2.29. The predicted octanol–water partition coefficient (Wildman–Crippen LogP) is 2.55. The van der Waals surface area contributed by atoms with E-state index in [1.54, 1.807) is 6.07 Å². The second-order valence-electron chi connectivity index (χ2n) is 5.26. The third-order valence-corrected chi connectivity index (χ3v) is 3.59. The minimum absolute atomic E-state index is 0.194. The molecular formula is C15H21FN2O2. The van der Waals surface area contributed by atoms with Crippen LogP contribution in [0.2, 0.25) is 0 Å². The number of halogens is 1. The van der Waals surface area contributed by atoms with E-state index < -0.39 is 11.8 Å². The van der Waals surface area contributed by atoms with Gasteiger partial charge in [0.1, 0.15) is 5.82 Å². The van der Waals surface area contributed by atoms with Crippen molar-refractivity contribution in [2.75, 3.05) is 19.0 Å². The highest BCUT2D eigenvalue weighted by Gasteiger charge is 2.19. The molecule has 1 heterocycles. The van der Waals surface area contributed by atoms with Crippen LogP contribution in [0.1, 0.15) is 36.5 Å². The number of esters is 1. The molecule has 0 spiro atoms. The minimum atomic E-state index is -0.529. The van der Waals surface area contributed by atoms with Crippen molar-refractivity contribution in [3.63, 3.8) is 0 Å². The Kier molecular flexibility index (Phi) is 4.95. The topological polar surface area (TPSA) is 50.4 Å². The van der Waals surface area contributed by atoms with Crippen molar-refractivity contribution >= 4 is 11.7 Å². The van der Waals surface area contributed by atoms with Crippen molar-refractivity contribution in [1.29, 1.82) is 0 Å². The Morgan fingerprint density at radius 2 is 2.40 bits per heavy atom. The molecule has 1 aromatic rings. The zero-order valence-electron chi connectivity index (χ0n) is 11.9. The minimum Gasteiger partial charge on any atom is -0.465 e. The second kappa shape index (κ2) is 6.70. The first-order chi connectivity index (χ1) is 9.60. The van der Waals surface area contributed by atoms with Gasteiger partial charge in [-0.3, -0.25) is 0 Å². The highest BCUT2D eigenvalue weighted by molar-refractivity contribution is 5.95. The van der Waals surface area contributed by atoms with E-state index in [1.165, 1.54) is 32.1 Å². The molecular weight excluding hydrogens is 259 g/mol. The number of benzene rings is 1. The van der Waals surface area contributed by atoms with Gasteiger partial charge in [-0.1, -0.05) is 0 Å². The fourth-order valence-corrected chi connectivity index (χ4v) is 2.63. The van der Waals surface area contributed by atoms with Gasteiger partial charge < -0.3 is 15.4 Å². The molecule has 1 aliphatic heterocycles. The Balaban J connectivity index is 2.05. The van der Waals surface area contributed by atoms with Crippen LogP contribution in [-0.2, 0) is 4.74 Å². The maximum absolute atomic E-state index is 13.3. The summed E-state index contributed by atoms with van der Waals surface area (Å²) >= 11 is 0. The molecule has 4 nitrogen and oxygen atoms in total. The van der Waals surface area contributed by atoms with Gasteiger partial charge in [-0.2, -0.15) is 0 Å². The Bertz CT molecular complexity index is 473. The summed E-state index contributed by atoms with van der Waals surface area (Å²) in [6, 6.07) is 4.84. The van der Waals surface area contributed by atoms with Gasteiger partial charge in [-0.05, 0) is 50.9 Å². The van der Waals surface area contributed by atoms with Crippen molar-refractivity contribution in [2.45, 2.75) is 38.3 Å². The van der Waals surface area contributed by atoms with Crippen LogP contribution in [0.15, 0.2) is 18.2 Å². The van der Waals surface area contributed by atoms with Crippen LogP contribution in [0.3, 0.4) is 0 Å². The molecule has 1 saturated heterocycles. The Morgan fingerprint density at radius 3 is 3.05 bits per heavy atom. The Hall–Kier alpha value is -1.62. The van der Waals surface area contributed by atoms with Gasteiger partial charge in [0, 0.05) is 17.8 Å². The summed E-state index contributed by atoms with van der Waals surface area (Å²) in [5.74, 6) is -0.973. The van der Waals surface area contributed by atoms with Crippen LogP contribution in [0.5, 0.6) is 0 Å². The third-order valence-electron chi connectivity index (χ3n) is 3.59. The van der Waals surface area contributed by atoms with E-state index in [2.05, 4.69) is 22.3 Å². The van der Waals surface area contributed by atoms with Gasteiger partial charge in [0.15, 0.2) is 0 Å². The normalized spacial score (nSPS) is 19.6. The van der Waals surface area contributed by atoms with E-state index in [1.807, 2.05) is 0 Å². The number of rotatable bonds is 5. The van der Waals surface area contributed by atoms with E-state index in [0.29, 0.717) is 11.7 Å². The highest BCUT2D eigenvalue weighted by Crippen LogP contribution is 2.21. The van der Waals surface area contributed by atoms with Crippen LogP contribution in [0, 0.1) is 5.82 Å². The Labute approximate surface area is 118 Å². The van der Waals surface area contributed by atoms with Crippen LogP contribution < -0.4 is 10.6 Å². The molecule has 2 atom stereocenters. The number of hydrogen-bond donors (Lipinski definition) is 2. The largest absolute Gasteiger partial charge is 0.465 e. The van der Waals surface area contributed by atoms with Gasteiger partial charge in [0.2, 0.25) is 0 Å². The van der Waals surface area contributed by atoms with E-state index in [4.69, 9.17) is 0 Å². The first-order valence-electron chi connectivity index (χ1n) is 6.98. The summed E-state index contributed by atoms with van der Waals surface area (Å²) in [7, 11) is 1.29. The van der Waals surface area contributed by atoms with Gasteiger partial charge in [-0.15, -0.1) is 0 Å². The maximum atomic E-state index is 13.3. The average molecular weight is 280 g/mol. The van der Waals surface area contributed by atoms with Crippen molar-refractivity contribution in [3.05, 3.63) is 29.6 Å². The quantitative estimate of drug-likeness (QED) is 0.814. The summed E-state index contributed by atoms with van der Waals surface area (Å²) in [6.07, 6.45) is 3.36. The van der Waals surface area contributed by atoms with E-state index in [9.17, 15) is 9.18 Å². The molecule has 0 bridgehead atoms. The first kappa shape index (κ1) is 14.8. The highest BCUT2D eigenvalue weighted by atomic mass is 19.1. The molecule has 0 aromatic heterocycles. The molecule has 1 aliphatic rings. The molecule has 1 aromatic carbocycles. The lowest BCUT2D eigenvalue weighted by molar-refractivity contribution is 0.0601. The third kappa shape index (κ3) is 3.70. The molecule has 110 valence electrons. The number of methoxy groups -OCH3 is 1. The molecule has 0 radical (unpaired) electrons. The lowest BCUT2D eigenvalue weighted by atomic mass is 10.1. The number of nitrogens with one attached hydrogen (secondary N) is 2. The molecule has 20 heavy (non-hydrogen) atoms. The molecule has 0 saturated carbocycles. The monoisotopic (exact) mass is 280 g/mol. The Morgan fingerprint density at radius 1 is 1.60 bits per heavy atom. The van der Waals surface area contributed by atoms with Gasteiger partial charge in [0.05, 0.1) is 12.7 Å². The van der Waals surface area contributed by atoms with Gasteiger partial charge in [0.25, 0.3) is 0 Å². The second-order valence-corrected chi connectivity index (χ2v) is 5.26. The molecule has 0 aliphatic carbocycles. The summed E-state index contributed by atoms with van der Waals surface area (Å²) in [5.41, 5.74) is 0.850. The molecule has 1 fully saturated rings. The number of hydrogen-bond acceptors (Lipinski definition) is 4. The van der Waals surface area contributed by atoms with E-state index in [-0.39, 0.29) is 11.6 Å². The van der Waals surface area contributed by atoms with Crippen molar-refractivity contribution in [2.24, 2.45) is 0 Å². The molecule has 5 heteroatoms. The standard InChI is InChI=1S/C15H21FN2O2/c1-10(8-12-4-3-7-17-12)18-14-6-5-11(16)9-13(14)15(19)20-2/h5-6,9-10,12,17-18H,3-4,7-8H2,1-2H3. The lowest BCUT2D eigenvalue weighted by Gasteiger charge is -2.20. The molecule has 2 rings (SSSR count). The SMILES string of the molecule is COC(=O)c1cc(F)ccc1NC(C)CC1CCCN1. The average Bonchev–Trinajstić information content (AvgIpc) is 2.92. The van der Waals surface area contributed by atoms with E-state index in [0.717, 1.165) is 13.0 Å². The van der Waals surface area contributed by atoms with Crippen LogP contribution >= 0.6 is 0 Å². The zero-order chi connectivity index (χ0) is 14.5. The fraction of sp³-hybridized carbons (Fsp3) is 0.533. The summed E-state index contributed by atoms with van der Waals surface area (Å²) in [5, 5.41) is 6.71. The smallest absolute Gasteiger partial charge is 0.340 e. The maximum Gasteiger partial charge on any atom is 0.340 e. The van der Waals surface area contributed by atoms with Crippen LogP contribution in [0.4, 0.5) is 10.1 Å². The van der Waals surface area contributed by atoms with Crippen molar-refractivity contribution < 1.29 is 13.9 Å². The number of ether oxygens (including phenoxy) is 1. The van der Waals surface area contributed by atoms with Gasteiger partial charge >= 0.3 is 5.97 Å². The molecule has 0 amide bonds. The summed E-state index contributed by atoms with van der Waals surface area (Å²) < 4.78 is 18.0. The van der Waals surface area contributed by atoms with Crippen molar-refractivity contribution in [3.8, 4) is 0 Å². The molecule has 2 N–H and O–H groups in total. The zero-order valence-corrected chi connectivity index (χ0v) is 11.9. The van der Waals surface area contributed by atoms with Gasteiger partial charge in [-0.25, -0.2) is 9.18 Å². The summed E-state index contributed by atoms with van der Waals surface area (Å²) in [6.45, 7) is 3.13. The first-order valence-corrected chi connectivity index (χ1v) is 6.98. The van der Waals surface area contributed by atoms with Crippen LogP contribution in [-0.4, -0.2) is 31.7 Å². The number of carbonyl (C=O) groups excluding carboxylic acids is 1. The fourth-order valence-electron chi connectivity index (χ4n) is 2.63. The van der Waals surface area contributed by atoms with Crippen molar-refractivity contribution in [1.82, 2.24) is 5.32 Å². The number of carbonyl (C=O) groups is 1. The molecule has 2 unspecified atom stereocenters.